The molecule has 1 aromatic carbocycles. The summed E-state index contributed by atoms with van der Waals surface area (Å²) in [7, 11) is -3.78. The SMILES string of the molecule is Cc1ccc([N+](=O)[O-])cc1N(CC(=O)NCCCN1CCCC1)S(C)(=O)=O. The second kappa shape index (κ2) is 9.14. The molecule has 1 aliphatic rings. The van der Waals surface area contributed by atoms with Crippen LogP contribution in [0.3, 0.4) is 0 Å². The van der Waals surface area contributed by atoms with Gasteiger partial charge < -0.3 is 10.2 Å². The molecule has 1 fully saturated rings. The number of carbonyl (C=O) groups is 1. The molecule has 0 saturated carbocycles. The van der Waals surface area contributed by atoms with Crippen LogP contribution in [0.1, 0.15) is 24.8 Å². The van der Waals surface area contributed by atoms with Crippen molar-refractivity contribution in [3.8, 4) is 0 Å². The third kappa shape index (κ3) is 6.17. The number of nitro groups is 1. The lowest BCUT2D eigenvalue weighted by molar-refractivity contribution is -0.384. The average molecular weight is 398 g/mol. The number of nitro benzene ring substituents is 1. The van der Waals surface area contributed by atoms with Gasteiger partial charge in [-0.25, -0.2) is 8.42 Å². The Bertz CT molecular complexity index is 791. The van der Waals surface area contributed by atoms with Crippen LogP contribution >= 0.6 is 0 Å². The highest BCUT2D eigenvalue weighted by atomic mass is 32.2. The number of likely N-dealkylation sites (tertiary alicyclic amines) is 1. The Morgan fingerprint density at radius 3 is 2.59 bits per heavy atom. The van der Waals surface area contributed by atoms with E-state index in [1.807, 2.05) is 0 Å². The Balaban J connectivity index is 2.01. The van der Waals surface area contributed by atoms with Gasteiger partial charge in [-0.2, -0.15) is 0 Å². The van der Waals surface area contributed by atoms with Crippen molar-refractivity contribution in [1.82, 2.24) is 10.2 Å². The number of non-ortho nitro benzene ring substituents is 1. The molecule has 1 saturated heterocycles. The molecular formula is C17H26N4O5S. The average Bonchev–Trinajstić information content (AvgIpc) is 3.09. The van der Waals surface area contributed by atoms with E-state index in [1.165, 1.54) is 31.0 Å². The number of nitrogens with one attached hydrogen (secondary N) is 1. The molecule has 10 heteroatoms. The first-order valence-electron chi connectivity index (χ1n) is 8.90. The second-order valence-corrected chi connectivity index (χ2v) is 8.66. The molecule has 150 valence electrons. The number of benzene rings is 1. The lowest BCUT2D eigenvalue weighted by atomic mass is 10.2. The third-order valence-corrected chi connectivity index (χ3v) is 5.66. The minimum atomic E-state index is -3.78. The Hall–Kier alpha value is -2.20. The van der Waals surface area contributed by atoms with E-state index in [4.69, 9.17) is 0 Å². The minimum Gasteiger partial charge on any atom is -0.354 e. The third-order valence-electron chi connectivity index (χ3n) is 4.53. The van der Waals surface area contributed by atoms with Gasteiger partial charge in [0.2, 0.25) is 15.9 Å². The molecule has 0 radical (unpaired) electrons. The van der Waals surface area contributed by atoms with Gasteiger partial charge in [0, 0.05) is 18.7 Å². The van der Waals surface area contributed by atoms with Crippen LogP contribution in [0.25, 0.3) is 0 Å². The predicted molar refractivity (Wildman–Crippen MR) is 103 cm³/mol. The van der Waals surface area contributed by atoms with Gasteiger partial charge in [0.1, 0.15) is 6.54 Å². The van der Waals surface area contributed by atoms with Crippen molar-refractivity contribution >= 4 is 27.3 Å². The van der Waals surface area contributed by atoms with Gasteiger partial charge in [-0.15, -0.1) is 0 Å². The van der Waals surface area contributed by atoms with Crippen molar-refractivity contribution in [3.63, 3.8) is 0 Å². The summed E-state index contributed by atoms with van der Waals surface area (Å²) in [5.41, 5.74) is 0.446. The van der Waals surface area contributed by atoms with Crippen LogP contribution in [0, 0.1) is 17.0 Å². The smallest absolute Gasteiger partial charge is 0.271 e. The lowest BCUT2D eigenvalue weighted by Crippen LogP contribution is -2.41. The highest BCUT2D eigenvalue weighted by Gasteiger charge is 2.24. The number of amides is 1. The number of anilines is 1. The van der Waals surface area contributed by atoms with Gasteiger partial charge in [0.25, 0.3) is 5.69 Å². The second-order valence-electron chi connectivity index (χ2n) is 6.75. The fourth-order valence-corrected chi connectivity index (χ4v) is 3.99. The first-order chi connectivity index (χ1) is 12.7. The standard InChI is InChI=1S/C17H26N4O5S/c1-14-6-7-15(21(23)24)12-16(14)20(27(2,25)26)13-17(22)18-8-5-11-19-9-3-4-10-19/h6-7,12H,3-5,8-11,13H2,1-2H3,(H,18,22). The zero-order valence-electron chi connectivity index (χ0n) is 15.7. The number of carbonyl (C=O) groups excluding carboxylic acids is 1. The Kier molecular flexibility index (Phi) is 7.14. The molecular weight excluding hydrogens is 372 g/mol. The van der Waals surface area contributed by atoms with Crippen molar-refractivity contribution in [3.05, 3.63) is 33.9 Å². The van der Waals surface area contributed by atoms with Crippen LogP contribution < -0.4 is 9.62 Å². The molecule has 0 bridgehead atoms. The number of rotatable bonds is 9. The largest absolute Gasteiger partial charge is 0.354 e. The maximum Gasteiger partial charge on any atom is 0.271 e. The van der Waals surface area contributed by atoms with Gasteiger partial charge in [-0.05, 0) is 51.4 Å². The summed E-state index contributed by atoms with van der Waals surface area (Å²) >= 11 is 0. The zero-order valence-corrected chi connectivity index (χ0v) is 16.5. The maximum absolute atomic E-state index is 12.2. The van der Waals surface area contributed by atoms with E-state index in [0.717, 1.165) is 36.6 Å². The monoisotopic (exact) mass is 398 g/mol. The molecule has 1 aromatic rings. The van der Waals surface area contributed by atoms with Crippen LogP contribution in [0.5, 0.6) is 0 Å². The molecule has 1 aliphatic heterocycles. The number of nitrogens with zero attached hydrogens (tertiary/aromatic N) is 3. The van der Waals surface area contributed by atoms with Crippen molar-refractivity contribution < 1.29 is 18.1 Å². The van der Waals surface area contributed by atoms with Crippen molar-refractivity contribution in [2.75, 3.05) is 43.3 Å². The van der Waals surface area contributed by atoms with Gasteiger partial charge in [-0.3, -0.25) is 19.2 Å². The molecule has 0 aromatic heterocycles. The zero-order chi connectivity index (χ0) is 20.0. The summed E-state index contributed by atoms with van der Waals surface area (Å²) in [5, 5.41) is 13.7. The summed E-state index contributed by atoms with van der Waals surface area (Å²) in [4.78, 5) is 25.0. The van der Waals surface area contributed by atoms with E-state index < -0.39 is 27.4 Å². The Morgan fingerprint density at radius 2 is 2.00 bits per heavy atom. The van der Waals surface area contributed by atoms with Crippen LogP contribution in [0.15, 0.2) is 18.2 Å². The normalized spacial score (nSPS) is 14.9. The topological polar surface area (TPSA) is 113 Å². The molecule has 0 spiro atoms. The summed E-state index contributed by atoms with van der Waals surface area (Å²) in [6.07, 6.45) is 4.18. The summed E-state index contributed by atoms with van der Waals surface area (Å²) in [6, 6.07) is 3.95. The quantitative estimate of drug-likeness (QED) is 0.381. The molecule has 0 unspecified atom stereocenters. The fourth-order valence-electron chi connectivity index (χ4n) is 3.08. The highest BCUT2D eigenvalue weighted by Crippen LogP contribution is 2.27. The number of sulfonamides is 1. The first kappa shape index (κ1) is 21.1. The molecule has 1 amide bonds. The molecule has 2 rings (SSSR count). The van der Waals surface area contributed by atoms with E-state index >= 15 is 0 Å². The molecule has 1 N–H and O–H groups in total. The number of hydrogen-bond acceptors (Lipinski definition) is 6. The van der Waals surface area contributed by atoms with Crippen LogP contribution in [0.2, 0.25) is 0 Å². The molecule has 0 atom stereocenters. The molecule has 27 heavy (non-hydrogen) atoms. The maximum atomic E-state index is 12.2. The van der Waals surface area contributed by atoms with E-state index in [1.54, 1.807) is 6.92 Å². The number of hydrogen-bond donors (Lipinski definition) is 1. The predicted octanol–water partition coefficient (Wildman–Crippen LogP) is 1.27. The van der Waals surface area contributed by atoms with E-state index in [2.05, 4.69) is 10.2 Å². The minimum absolute atomic E-state index is 0.138. The van der Waals surface area contributed by atoms with Crippen molar-refractivity contribution in [2.45, 2.75) is 26.2 Å². The summed E-state index contributed by atoms with van der Waals surface area (Å²) in [6.45, 7) is 4.76. The molecule has 9 nitrogen and oxygen atoms in total. The Morgan fingerprint density at radius 1 is 1.33 bits per heavy atom. The van der Waals surface area contributed by atoms with E-state index in [-0.39, 0.29) is 11.4 Å². The highest BCUT2D eigenvalue weighted by molar-refractivity contribution is 7.92. The molecule has 0 aliphatic carbocycles. The van der Waals surface area contributed by atoms with Crippen LogP contribution in [-0.2, 0) is 14.8 Å². The van der Waals surface area contributed by atoms with Crippen molar-refractivity contribution in [2.24, 2.45) is 0 Å². The first-order valence-corrected chi connectivity index (χ1v) is 10.7. The van der Waals surface area contributed by atoms with Crippen LogP contribution in [0.4, 0.5) is 11.4 Å². The van der Waals surface area contributed by atoms with Gasteiger partial charge in [0.05, 0.1) is 16.9 Å². The van der Waals surface area contributed by atoms with Gasteiger partial charge in [-0.1, -0.05) is 6.07 Å². The van der Waals surface area contributed by atoms with Gasteiger partial charge in [0.15, 0.2) is 0 Å². The van der Waals surface area contributed by atoms with E-state index in [0.29, 0.717) is 12.1 Å². The fraction of sp³-hybridized carbons (Fsp3) is 0.588. The van der Waals surface area contributed by atoms with Crippen molar-refractivity contribution in [1.29, 1.82) is 0 Å². The van der Waals surface area contributed by atoms with E-state index in [9.17, 15) is 23.3 Å². The summed E-state index contributed by atoms with van der Waals surface area (Å²) in [5.74, 6) is -0.437. The summed E-state index contributed by atoms with van der Waals surface area (Å²) < 4.78 is 25.3. The lowest BCUT2D eigenvalue weighted by Gasteiger charge is -2.23. The Labute approximate surface area is 159 Å². The van der Waals surface area contributed by atoms with Gasteiger partial charge >= 0.3 is 0 Å². The van der Waals surface area contributed by atoms with Crippen LogP contribution in [-0.4, -0.2) is 63.1 Å². The molecule has 1 heterocycles. The number of aryl methyl sites for hydroxylation is 1.